The van der Waals surface area contributed by atoms with Gasteiger partial charge in [0.25, 0.3) is 5.91 Å². The van der Waals surface area contributed by atoms with E-state index in [4.69, 9.17) is 4.74 Å². The van der Waals surface area contributed by atoms with Crippen LogP contribution in [0.4, 0.5) is 27.6 Å². The fourth-order valence-electron chi connectivity index (χ4n) is 6.10. The average Bonchev–Trinajstić information content (AvgIpc) is 3.09. The predicted octanol–water partition coefficient (Wildman–Crippen LogP) is 7.11. The van der Waals surface area contributed by atoms with Gasteiger partial charge in [-0.2, -0.15) is 13.2 Å². The number of hydrogen-bond donors (Lipinski definition) is 2. The molecule has 0 aromatic heterocycles. The number of hydrogen-bond acceptors (Lipinski definition) is 5. The Bertz CT molecular complexity index is 1830. The summed E-state index contributed by atoms with van der Waals surface area (Å²) in [6.07, 6.45) is -4.93. The Morgan fingerprint density at radius 2 is 1.63 bits per heavy atom. The van der Waals surface area contributed by atoms with E-state index in [0.29, 0.717) is 25.2 Å². The van der Waals surface area contributed by atoms with E-state index >= 15 is 0 Å². The molecule has 0 unspecified atom stereocenters. The van der Waals surface area contributed by atoms with Crippen molar-refractivity contribution in [3.63, 3.8) is 0 Å². The SMILES string of the molecule is C[C@@H]1CN([C@@H](C)CO)C(=O)c2cccc(NC(=O)Cc3ccc(C(F)(F)F)cc3)c2O[C@@H]1CN(C)Cc1ccc(Cc2cccc(F)c2F)cc1. The molecule has 7 nitrogen and oxygen atoms in total. The summed E-state index contributed by atoms with van der Waals surface area (Å²) in [5.74, 6) is -2.67. The molecule has 4 aromatic rings. The molecule has 0 radical (unpaired) electrons. The van der Waals surface area contributed by atoms with E-state index in [1.165, 1.54) is 18.2 Å². The van der Waals surface area contributed by atoms with Gasteiger partial charge in [-0.25, -0.2) is 8.78 Å². The van der Waals surface area contributed by atoms with Gasteiger partial charge in [0, 0.05) is 32.0 Å². The number of aliphatic hydroxyl groups excluding tert-OH is 1. The molecule has 3 atom stereocenters. The standard InChI is InChI=1S/C39H40F5N3O4/c1-24-20-47(25(2)23-48)38(50)31-7-5-9-33(45-35(49)19-27-14-16-30(17-15-27)39(42,43)44)37(31)51-34(24)22-46(3)21-28-12-10-26(11-13-28)18-29-6-4-8-32(40)36(29)41/h4-17,24-25,34,48H,18-23H2,1-3H3,(H,45,49)/t24-,25+,34-/m1/s1. The summed E-state index contributed by atoms with van der Waals surface area (Å²) in [6.45, 7) is 4.67. The van der Waals surface area contributed by atoms with Gasteiger partial charge in [-0.15, -0.1) is 0 Å². The Morgan fingerprint density at radius 3 is 2.29 bits per heavy atom. The molecular weight excluding hydrogens is 669 g/mol. The molecule has 0 saturated heterocycles. The van der Waals surface area contributed by atoms with Crippen LogP contribution in [0.2, 0.25) is 0 Å². The van der Waals surface area contributed by atoms with Gasteiger partial charge in [-0.05, 0) is 66.6 Å². The number of rotatable bonds is 11. The van der Waals surface area contributed by atoms with Crippen LogP contribution < -0.4 is 10.1 Å². The molecule has 4 aromatic carbocycles. The molecule has 5 rings (SSSR count). The van der Waals surface area contributed by atoms with E-state index in [1.54, 1.807) is 36.1 Å². The third kappa shape index (κ3) is 9.30. The van der Waals surface area contributed by atoms with Crippen molar-refractivity contribution in [2.45, 2.75) is 51.6 Å². The number of aliphatic hydroxyl groups is 1. The van der Waals surface area contributed by atoms with Gasteiger partial charge in [0.05, 0.1) is 35.9 Å². The minimum absolute atomic E-state index is 0.164. The van der Waals surface area contributed by atoms with Gasteiger partial charge < -0.3 is 20.1 Å². The Morgan fingerprint density at radius 1 is 0.980 bits per heavy atom. The lowest BCUT2D eigenvalue weighted by atomic mass is 9.98. The number of carbonyl (C=O) groups is 2. The highest BCUT2D eigenvalue weighted by molar-refractivity contribution is 6.02. The van der Waals surface area contributed by atoms with Gasteiger partial charge in [-0.3, -0.25) is 14.5 Å². The highest BCUT2D eigenvalue weighted by atomic mass is 19.4. The number of anilines is 1. The van der Waals surface area contributed by atoms with Crippen molar-refractivity contribution in [1.82, 2.24) is 9.80 Å². The summed E-state index contributed by atoms with van der Waals surface area (Å²) in [7, 11) is 1.92. The van der Waals surface area contributed by atoms with Crippen LogP contribution >= 0.6 is 0 Å². The van der Waals surface area contributed by atoms with Crippen molar-refractivity contribution >= 4 is 17.5 Å². The van der Waals surface area contributed by atoms with Crippen molar-refractivity contribution < 1.29 is 41.4 Å². The number of benzene rings is 4. The van der Waals surface area contributed by atoms with E-state index in [0.717, 1.165) is 29.3 Å². The maximum absolute atomic E-state index is 14.2. The van der Waals surface area contributed by atoms with Gasteiger partial charge in [-0.1, -0.05) is 61.5 Å². The molecule has 0 bridgehead atoms. The molecule has 0 spiro atoms. The maximum Gasteiger partial charge on any atom is 0.416 e. The smallest absolute Gasteiger partial charge is 0.416 e. The molecule has 1 aliphatic heterocycles. The minimum atomic E-state index is -4.49. The maximum atomic E-state index is 14.2. The van der Waals surface area contributed by atoms with Gasteiger partial charge >= 0.3 is 6.18 Å². The van der Waals surface area contributed by atoms with E-state index in [1.807, 2.05) is 38.2 Å². The van der Waals surface area contributed by atoms with Crippen molar-refractivity contribution in [3.05, 3.63) is 130 Å². The van der Waals surface area contributed by atoms with Gasteiger partial charge in [0.1, 0.15) is 6.10 Å². The summed E-state index contributed by atoms with van der Waals surface area (Å²) in [6, 6.07) is 20.4. The van der Waals surface area contributed by atoms with Crippen LogP contribution in [0, 0.1) is 17.6 Å². The minimum Gasteiger partial charge on any atom is -0.486 e. The molecule has 2 amide bonds. The van der Waals surface area contributed by atoms with E-state index in [9.17, 15) is 36.6 Å². The van der Waals surface area contributed by atoms with Crippen LogP contribution in [0.25, 0.3) is 0 Å². The topological polar surface area (TPSA) is 82.1 Å². The Hall–Kier alpha value is -4.81. The first-order chi connectivity index (χ1) is 24.2. The third-order valence-corrected chi connectivity index (χ3v) is 9.00. The fourth-order valence-corrected chi connectivity index (χ4v) is 6.10. The number of fused-ring (bicyclic) bond motifs is 1. The van der Waals surface area contributed by atoms with Crippen LogP contribution in [0.5, 0.6) is 5.75 Å². The average molecular weight is 710 g/mol. The summed E-state index contributed by atoms with van der Waals surface area (Å²) in [5, 5.41) is 12.8. The normalized spacial score (nSPS) is 17.0. The summed E-state index contributed by atoms with van der Waals surface area (Å²) in [5.41, 5.74) is 2.07. The monoisotopic (exact) mass is 709 g/mol. The number of nitrogens with one attached hydrogen (secondary N) is 1. The zero-order valence-corrected chi connectivity index (χ0v) is 28.5. The number of nitrogens with zero attached hydrogens (tertiary/aromatic N) is 2. The first kappa shape index (κ1) is 37.4. The molecular formula is C39H40F5N3O4. The summed E-state index contributed by atoms with van der Waals surface area (Å²) in [4.78, 5) is 30.6. The number of ether oxygens (including phenoxy) is 1. The van der Waals surface area contributed by atoms with Gasteiger partial charge in [0.2, 0.25) is 5.91 Å². The number of amides is 2. The summed E-state index contributed by atoms with van der Waals surface area (Å²) >= 11 is 0. The van der Waals surface area contributed by atoms with Crippen LogP contribution in [0.15, 0.2) is 84.9 Å². The highest BCUT2D eigenvalue weighted by Gasteiger charge is 2.35. The highest BCUT2D eigenvalue weighted by Crippen LogP contribution is 2.35. The quantitative estimate of drug-likeness (QED) is 0.162. The second-order valence-electron chi connectivity index (χ2n) is 13.1. The molecule has 1 heterocycles. The number of para-hydroxylation sites is 1. The Labute approximate surface area is 293 Å². The molecule has 0 saturated carbocycles. The molecule has 1 aliphatic rings. The number of halogens is 5. The van der Waals surface area contributed by atoms with Crippen LogP contribution in [-0.4, -0.2) is 65.6 Å². The van der Waals surface area contributed by atoms with Crippen molar-refractivity contribution in [2.75, 3.05) is 32.1 Å². The van der Waals surface area contributed by atoms with E-state index in [-0.39, 0.29) is 53.8 Å². The molecule has 2 N–H and O–H groups in total. The molecule has 0 fully saturated rings. The lowest BCUT2D eigenvalue weighted by Crippen LogP contribution is -2.49. The van der Waals surface area contributed by atoms with Crippen molar-refractivity contribution in [1.29, 1.82) is 0 Å². The van der Waals surface area contributed by atoms with Crippen molar-refractivity contribution in [3.8, 4) is 5.75 Å². The molecule has 0 aliphatic carbocycles. The van der Waals surface area contributed by atoms with Crippen LogP contribution in [0.1, 0.15) is 52.0 Å². The summed E-state index contributed by atoms with van der Waals surface area (Å²) < 4.78 is 73.5. The van der Waals surface area contributed by atoms with E-state index < -0.39 is 41.4 Å². The number of carbonyl (C=O) groups excluding carboxylic acids is 2. The molecule has 12 heteroatoms. The second kappa shape index (κ2) is 16.0. The first-order valence-corrected chi connectivity index (χ1v) is 16.6. The van der Waals surface area contributed by atoms with Crippen LogP contribution in [0.3, 0.4) is 0 Å². The lowest BCUT2D eigenvalue weighted by molar-refractivity contribution is -0.137. The van der Waals surface area contributed by atoms with Crippen LogP contribution in [-0.2, 0) is 30.4 Å². The van der Waals surface area contributed by atoms with E-state index in [2.05, 4.69) is 10.2 Å². The van der Waals surface area contributed by atoms with Crippen molar-refractivity contribution in [2.24, 2.45) is 5.92 Å². The Kier molecular flexibility index (Phi) is 11.8. The largest absolute Gasteiger partial charge is 0.486 e. The zero-order valence-electron chi connectivity index (χ0n) is 28.5. The van der Waals surface area contributed by atoms with Gasteiger partial charge in [0.15, 0.2) is 17.4 Å². The number of alkyl halides is 3. The second-order valence-corrected chi connectivity index (χ2v) is 13.1. The lowest BCUT2D eigenvalue weighted by Gasteiger charge is -2.38. The molecule has 270 valence electrons. The Balaban J connectivity index is 1.33. The third-order valence-electron chi connectivity index (χ3n) is 9.00. The number of likely N-dealkylation sites (N-methyl/N-ethyl adjacent to an activating group) is 1. The fraction of sp³-hybridized carbons (Fsp3) is 0.333. The molecule has 51 heavy (non-hydrogen) atoms. The first-order valence-electron chi connectivity index (χ1n) is 16.6. The zero-order chi connectivity index (χ0) is 36.9. The predicted molar refractivity (Wildman–Crippen MR) is 183 cm³/mol.